The van der Waals surface area contributed by atoms with E-state index in [-0.39, 0.29) is 17.2 Å². The maximum atomic E-state index is 13.3. The Hall–Kier alpha value is -3.20. The highest BCUT2D eigenvalue weighted by atomic mass is 32.1. The largest absolute Gasteiger partial charge is 0.333 e. The third-order valence-corrected chi connectivity index (χ3v) is 6.54. The second kappa shape index (κ2) is 8.38. The molecule has 9 heteroatoms. The average Bonchev–Trinajstić information content (AvgIpc) is 3.42. The summed E-state index contributed by atoms with van der Waals surface area (Å²) >= 11 is 1.69. The first-order valence-corrected chi connectivity index (χ1v) is 11.5. The summed E-state index contributed by atoms with van der Waals surface area (Å²) in [4.78, 5) is 32.0. The van der Waals surface area contributed by atoms with Gasteiger partial charge in [0.2, 0.25) is 0 Å². The van der Waals surface area contributed by atoms with Gasteiger partial charge in [0.15, 0.2) is 11.5 Å². The number of fused-ring (bicyclic) bond motifs is 1. The van der Waals surface area contributed by atoms with Crippen LogP contribution in [-0.4, -0.2) is 28.5 Å². The lowest BCUT2D eigenvalue weighted by atomic mass is 10.1. The maximum Gasteiger partial charge on any atom is 0.332 e. The number of rotatable bonds is 6. The minimum Gasteiger partial charge on any atom is -0.333 e. The molecule has 4 aromatic rings. The topological polar surface area (TPSA) is 79.6 Å². The predicted molar refractivity (Wildman–Crippen MR) is 129 cm³/mol. The number of thiophene rings is 1. The monoisotopic (exact) mass is 452 g/mol. The average molecular weight is 453 g/mol. The van der Waals surface area contributed by atoms with Gasteiger partial charge in [0.1, 0.15) is 11.1 Å². The fraction of sp³-hybridized carbons (Fsp3) is 0.391. The SMILES string of the molecule is C/C=C\c1c(Cn2nc3c(c2-c2nccn2C)c(=O)n(C)c(=O)n3CC(C)C)csc1C. The number of nitrogens with zero attached hydrogens (tertiary/aromatic N) is 6. The zero-order chi connectivity index (χ0) is 23.2. The van der Waals surface area contributed by atoms with Gasteiger partial charge < -0.3 is 4.57 Å². The van der Waals surface area contributed by atoms with Gasteiger partial charge in [-0.05, 0) is 36.3 Å². The highest BCUT2D eigenvalue weighted by Crippen LogP contribution is 2.29. The van der Waals surface area contributed by atoms with Gasteiger partial charge in [0, 0.05) is 37.9 Å². The summed E-state index contributed by atoms with van der Waals surface area (Å²) in [6.07, 6.45) is 7.66. The van der Waals surface area contributed by atoms with Crippen molar-refractivity contribution in [2.45, 2.75) is 40.8 Å². The molecule has 0 unspecified atom stereocenters. The van der Waals surface area contributed by atoms with Crippen molar-refractivity contribution < 1.29 is 0 Å². The Kier molecular flexibility index (Phi) is 5.77. The van der Waals surface area contributed by atoms with Gasteiger partial charge in [-0.2, -0.15) is 5.10 Å². The van der Waals surface area contributed by atoms with Gasteiger partial charge in [-0.3, -0.25) is 18.6 Å². The molecular weight excluding hydrogens is 424 g/mol. The summed E-state index contributed by atoms with van der Waals surface area (Å²) in [6.45, 7) is 9.12. The lowest BCUT2D eigenvalue weighted by Gasteiger charge is -2.11. The van der Waals surface area contributed by atoms with Crippen molar-refractivity contribution in [2.75, 3.05) is 0 Å². The van der Waals surface area contributed by atoms with Crippen LogP contribution in [0.4, 0.5) is 0 Å². The molecule has 0 saturated carbocycles. The van der Waals surface area contributed by atoms with Crippen molar-refractivity contribution in [2.24, 2.45) is 20.0 Å². The summed E-state index contributed by atoms with van der Waals surface area (Å²) in [7, 11) is 3.41. The molecule has 0 atom stereocenters. The first-order valence-electron chi connectivity index (χ1n) is 10.6. The van der Waals surface area contributed by atoms with E-state index in [1.54, 1.807) is 22.1 Å². The molecule has 4 aromatic heterocycles. The van der Waals surface area contributed by atoms with Crippen LogP contribution in [0.1, 0.15) is 36.8 Å². The summed E-state index contributed by atoms with van der Waals surface area (Å²) in [5.41, 5.74) is 2.60. The Morgan fingerprint density at radius 1 is 1.22 bits per heavy atom. The molecule has 0 fully saturated rings. The molecule has 4 heterocycles. The number of allylic oxidation sites excluding steroid dienone is 1. The van der Waals surface area contributed by atoms with Gasteiger partial charge >= 0.3 is 5.69 Å². The van der Waals surface area contributed by atoms with E-state index in [2.05, 4.69) is 23.4 Å². The third kappa shape index (κ3) is 3.56. The number of aromatic nitrogens is 6. The van der Waals surface area contributed by atoms with Crippen molar-refractivity contribution in [1.29, 1.82) is 0 Å². The van der Waals surface area contributed by atoms with Gasteiger partial charge in [-0.1, -0.05) is 26.0 Å². The molecule has 0 aliphatic heterocycles. The van der Waals surface area contributed by atoms with E-state index in [4.69, 9.17) is 5.10 Å². The molecule has 4 rings (SSSR count). The molecule has 0 aromatic carbocycles. The molecule has 0 aliphatic carbocycles. The summed E-state index contributed by atoms with van der Waals surface area (Å²) < 4.78 is 6.47. The van der Waals surface area contributed by atoms with Crippen LogP contribution in [0.2, 0.25) is 0 Å². The lowest BCUT2D eigenvalue weighted by Crippen LogP contribution is -2.38. The number of hydrogen-bond acceptors (Lipinski definition) is 5. The number of imidazole rings is 1. The Bertz CT molecular complexity index is 1440. The Morgan fingerprint density at radius 3 is 2.59 bits per heavy atom. The van der Waals surface area contributed by atoms with E-state index in [1.807, 2.05) is 49.3 Å². The lowest BCUT2D eigenvalue weighted by molar-refractivity contribution is 0.498. The summed E-state index contributed by atoms with van der Waals surface area (Å²) in [5.74, 6) is 0.856. The molecule has 0 spiro atoms. The van der Waals surface area contributed by atoms with Crippen molar-refractivity contribution >= 4 is 28.4 Å². The van der Waals surface area contributed by atoms with E-state index < -0.39 is 0 Å². The molecule has 0 saturated heterocycles. The summed E-state index contributed by atoms with van der Waals surface area (Å²) in [6, 6.07) is 0. The van der Waals surface area contributed by atoms with E-state index in [0.29, 0.717) is 35.6 Å². The van der Waals surface area contributed by atoms with Crippen LogP contribution >= 0.6 is 11.3 Å². The van der Waals surface area contributed by atoms with Crippen LogP contribution < -0.4 is 11.2 Å². The summed E-state index contributed by atoms with van der Waals surface area (Å²) in [5, 5.41) is 7.37. The fourth-order valence-electron chi connectivity index (χ4n) is 4.01. The normalized spacial score (nSPS) is 12.1. The van der Waals surface area contributed by atoms with Crippen LogP contribution in [0.25, 0.3) is 28.6 Å². The second-order valence-corrected chi connectivity index (χ2v) is 9.53. The number of hydrogen-bond donors (Lipinski definition) is 0. The minimum atomic E-state index is -0.357. The van der Waals surface area contributed by atoms with E-state index in [9.17, 15) is 9.59 Å². The highest BCUT2D eigenvalue weighted by molar-refractivity contribution is 7.10. The fourth-order valence-corrected chi connectivity index (χ4v) is 4.86. The van der Waals surface area contributed by atoms with Gasteiger partial charge in [-0.15, -0.1) is 11.3 Å². The van der Waals surface area contributed by atoms with Crippen molar-refractivity contribution in [3.63, 3.8) is 0 Å². The molecule has 0 bridgehead atoms. The van der Waals surface area contributed by atoms with Crippen LogP contribution in [-0.2, 0) is 27.2 Å². The van der Waals surface area contributed by atoms with Gasteiger partial charge in [-0.25, -0.2) is 9.78 Å². The van der Waals surface area contributed by atoms with E-state index >= 15 is 0 Å². The molecular formula is C23H28N6O2S. The quantitative estimate of drug-likeness (QED) is 0.449. The highest BCUT2D eigenvalue weighted by Gasteiger charge is 2.25. The van der Waals surface area contributed by atoms with Crippen LogP contribution in [0.15, 0.2) is 33.4 Å². The first-order chi connectivity index (χ1) is 15.2. The molecule has 32 heavy (non-hydrogen) atoms. The van der Waals surface area contributed by atoms with Crippen LogP contribution in [0.3, 0.4) is 0 Å². The smallest absolute Gasteiger partial charge is 0.332 e. The standard InChI is InChI=1S/C23H28N6O2S/c1-7-8-17-15(4)32-13-16(17)12-29-19(21-24-9-10-26(21)5)18-20(25-29)28(11-14(2)3)23(31)27(6)22(18)30/h7-10,13-14H,11-12H2,1-6H3/b8-7-. The zero-order valence-corrected chi connectivity index (χ0v) is 20.1. The Labute approximate surface area is 190 Å². The van der Waals surface area contributed by atoms with Gasteiger partial charge in [0.05, 0.1) is 6.54 Å². The van der Waals surface area contributed by atoms with E-state index in [0.717, 1.165) is 11.1 Å². The third-order valence-electron chi connectivity index (χ3n) is 5.56. The molecule has 0 aliphatic rings. The van der Waals surface area contributed by atoms with Crippen LogP contribution in [0, 0.1) is 12.8 Å². The predicted octanol–water partition coefficient (Wildman–Crippen LogP) is 3.40. The second-order valence-electron chi connectivity index (χ2n) is 8.45. The van der Waals surface area contributed by atoms with Crippen molar-refractivity contribution in [3.05, 3.63) is 60.7 Å². The molecule has 0 radical (unpaired) electrons. The maximum absolute atomic E-state index is 13.3. The molecule has 0 amide bonds. The van der Waals surface area contributed by atoms with Crippen molar-refractivity contribution in [1.82, 2.24) is 28.5 Å². The zero-order valence-electron chi connectivity index (χ0n) is 19.3. The minimum absolute atomic E-state index is 0.219. The van der Waals surface area contributed by atoms with Crippen molar-refractivity contribution in [3.8, 4) is 11.5 Å². The first kappa shape index (κ1) is 22.0. The molecule has 0 N–H and O–H groups in total. The van der Waals surface area contributed by atoms with Gasteiger partial charge in [0.25, 0.3) is 5.56 Å². The number of aryl methyl sites for hydroxylation is 2. The molecule has 168 valence electrons. The van der Waals surface area contributed by atoms with Crippen LogP contribution in [0.5, 0.6) is 0 Å². The van der Waals surface area contributed by atoms with E-state index in [1.165, 1.54) is 16.5 Å². The Morgan fingerprint density at radius 2 is 1.97 bits per heavy atom. The molecule has 8 nitrogen and oxygen atoms in total. The Balaban J connectivity index is 2.07.